The summed E-state index contributed by atoms with van der Waals surface area (Å²) in [6.07, 6.45) is 22.9. The lowest BCUT2D eigenvalue weighted by Crippen LogP contribution is -2.49. The summed E-state index contributed by atoms with van der Waals surface area (Å²) in [4.78, 5) is 19.2. The highest BCUT2D eigenvalue weighted by Crippen LogP contribution is 2.52. The zero-order valence-corrected chi connectivity index (χ0v) is 21.2. The third-order valence-corrected chi connectivity index (χ3v) is 7.06. The quantitative estimate of drug-likeness (QED) is 0.0874. The van der Waals surface area contributed by atoms with Crippen LogP contribution in [0.25, 0.3) is 0 Å². The Morgan fingerprint density at radius 2 is 1.13 bits per heavy atom. The maximum absolute atomic E-state index is 11.8. The van der Waals surface area contributed by atoms with Crippen LogP contribution in [0.1, 0.15) is 110 Å². The molecule has 0 aromatic heterocycles. The summed E-state index contributed by atoms with van der Waals surface area (Å²) in [6, 6.07) is 0. The fraction of sp³-hybridized carbons (Fsp3) is 0.917. The van der Waals surface area contributed by atoms with Crippen molar-refractivity contribution in [2.24, 2.45) is 0 Å². The standard InChI is InChI=1S/C24H50NO4P/c1-5-6-7-8-9-10-11-12-13-14-15-16-17-18-19-20-21-22-24(26,30(27,28)29)23-25(2,3)4/h10-11,26H,5-9,12-23H2,1-4H3,(H-,27,28,29)/p+1/b11-10-. The van der Waals surface area contributed by atoms with Crippen molar-refractivity contribution < 1.29 is 23.9 Å². The molecule has 5 nitrogen and oxygen atoms in total. The van der Waals surface area contributed by atoms with Gasteiger partial charge in [-0.3, -0.25) is 4.57 Å². The Kier molecular flexibility index (Phi) is 16.3. The summed E-state index contributed by atoms with van der Waals surface area (Å²) in [5.74, 6) is 0. The van der Waals surface area contributed by atoms with E-state index in [2.05, 4.69) is 19.1 Å². The Morgan fingerprint density at radius 1 is 0.733 bits per heavy atom. The summed E-state index contributed by atoms with van der Waals surface area (Å²) in [5.41, 5.74) is 0. The fourth-order valence-corrected chi connectivity index (χ4v) is 4.97. The third-order valence-electron chi connectivity index (χ3n) is 5.61. The molecule has 0 spiro atoms. The van der Waals surface area contributed by atoms with E-state index in [9.17, 15) is 19.5 Å². The maximum atomic E-state index is 11.8. The van der Waals surface area contributed by atoms with Gasteiger partial charge in [0.1, 0.15) is 6.54 Å². The van der Waals surface area contributed by atoms with Gasteiger partial charge in [-0.2, -0.15) is 0 Å². The molecule has 30 heavy (non-hydrogen) atoms. The Morgan fingerprint density at radius 3 is 1.53 bits per heavy atom. The molecule has 0 aromatic carbocycles. The monoisotopic (exact) mass is 448 g/mol. The van der Waals surface area contributed by atoms with Gasteiger partial charge < -0.3 is 19.4 Å². The van der Waals surface area contributed by atoms with Gasteiger partial charge in [0.15, 0.2) is 0 Å². The molecule has 6 heteroatoms. The van der Waals surface area contributed by atoms with Gasteiger partial charge in [0.05, 0.1) is 21.1 Å². The normalized spacial score (nSPS) is 15.0. The first kappa shape index (κ1) is 29.8. The number of rotatable bonds is 20. The van der Waals surface area contributed by atoms with Gasteiger partial charge >= 0.3 is 7.60 Å². The van der Waals surface area contributed by atoms with Gasteiger partial charge in [0, 0.05) is 0 Å². The Bertz CT molecular complexity index is 484. The average Bonchev–Trinajstić information content (AvgIpc) is 2.62. The molecule has 0 fully saturated rings. The predicted molar refractivity (Wildman–Crippen MR) is 129 cm³/mol. The van der Waals surface area contributed by atoms with Crippen molar-refractivity contribution >= 4 is 7.60 Å². The summed E-state index contributed by atoms with van der Waals surface area (Å²) in [5, 5.41) is 8.62. The highest BCUT2D eigenvalue weighted by Gasteiger charge is 2.48. The topological polar surface area (TPSA) is 77.8 Å². The number of unbranched alkanes of at least 4 members (excludes halogenated alkanes) is 13. The Labute approximate surface area is 186 Å². The summed E-state index contributed by atoms with van der Waals surface area (Å²) >= 11 is 0. The van der Waals surface area contributed by atoms with Crippen molar-refractivity contribution in [3.05, 3.63) is 12.2 Å². The van der Waals surface area contributed by atoms with Crippen LogP contribution in [0.2, 0.25) is 0 Å². The minimum absolute atomic E-state index is 0.0608. The Balaban J connectivity index is 3.65. The maximum Gasteiger partial charge on any atom is 0.362 e. The van der Waals surface area contributed by atoms with Crippen LogP contribution in [-0.2, 0) is 4.57 Å². The van der Waals surface area contributed by atoms with E-state index in [1.807, 2.05) is 21.1 Å². The van der Waals surface area contributed by atoms with Crippen LogP contribution in [0.4, 0.5) is 0 Å². The van der Waals surface area contributed by atoms with Gasteiger partial charge in [-0.1, -0.05) is 83.3 Å². The molecule has 3 N–H and O–H groups in total. The third kappa shape index (κ3) is 16.5. The average molecular weight is 449 g/mol. The molecule has 0 heterocycles. The summed E-state index contributed by atoms with van der Waals surface area (Å²) in [6.45, 7) is 2.31. The number of aliphatic hydroxyl groups is 1. The van der Waals surface area contributed by atoms with Gasteiger partial charge in [-0.15, -0.1) is 0 Å². The van der Waals surface area contributed by atoms with Crippen LogP contribution in [0.15, 0.2) is 12.2 Å². The van der Waals surface area contributed by atoms with Crippen LogP contribution in [0.3, 0.4) is 0 Å². The molecule has 1 unspecified atom stereocenters. The molecule has 0 aliphatic heterocycles. The Hall–Kier alpha value is -0.190. The number of likely N-dealkylation sites (N-methyl/N-ethyl adjacent to an activating group) is 1. The largest absolute Gasteiger partial charge is 0.373 e. The van der Waals surface area contributed by atoms with Crippen molar-refractivity contribution in [1.82, 2.24) is 0 Å². The van der Waals surface area contributed by atoms with E-state index in [4.69, 9.17) is 0 Å². The highest BCUT2D eigenvalue weighted by atomic mass is 31.2. The minimum atomic E-state index is -4.54. The van der Waals surface area contributed by atoms with E-state index in [0.29, 0.717) is 10.9 Å². The molecule has 0 bridgehead atoms. The number of nitrogens with zero attached hydrogens (tertiary/aromatic N) is 1. The first-order valence-corrected chi connectivity index (χ1v) is 13.9. The molecule has 0 rings (SSSR count). The second-order valence-corrected chi connectivity index (χ2v) is 11.9. The van der Waals surface area contributed by atoms with Crippen molar-refractivity contribution in [2.75, 3.05) is 27.7 Å². The molecule has 0 aliphatic carbocycles. The molecule has 180 valence electrons. The van der Waals surface area contributed by atoms with Crippen molar-refractivity contribution in [3.63, 3.8) is 0 Å². The number of allylic oxidation sites excluding steroid dienone is 2. The van der Waals surface area contributed by atoms with Gasteiger partial charge in [0.25, 0.3) is 0 Å². The van der Waals surface area contributed by atoms with Gasteiger partial charge in [-0.25, -0.2) is 0 Å². The molecule has 0 amide bonds. The second-order valence-electron chi connectivity index (χ2n) is 10.0. The minimum Gasteiger partial charge on any atom is -0.373 e. The highest BCUT2D eigenvalue weighted by molar-refractivity contribution is 7.53. The van der Waals surface area contributed by atoms with Crippen LogP contribution >= 0.6 is 7.60 Å². The number of hydrogen-bond donors (Lipinski definition) is 3. The van der Waals surface area contributed by atoms with Gasteiger partial charge in [0.2, 0.25) is 5.34 Å². The van der Waals surface area contributed by atoms with Crippen LogP contribution < -0.4 is 0 Å². The summed E-state index contributed by atoms with van der Waals surface area (Å²) < 4.78 is 12.1. The van der Waals surface area contributed by atoms with Crippen molar-refractivity contribution in [2.45, 2.75) is 115 Å². The molecule has 0 aromatic rings. The summed E-state index contributed by atoms with van der Waals surface area (Å²) in [7, 11) is 0.976. The lowest BCUT2D eigenvalue weighted by molar-refractivity contribution is -0.875. The van der Waals surface area contributed by atoms with Crippen molar-refractivity contribution in [1.29, 1.82) is 0 Å². The molecule has 0 saturated heterocycles. The number of hydrogen-bond acceptors (Lipinski definition) is 2. The van der Waals surface area contributed by atoms with Crippen LogP contribution in [0, 0.1) is 0 Å². The molecular weight excluding hydrogens is 397 g/mol. The van der Waals surface area contributed by atoms with E-state index in [-0.39, 0.29) is 13.0 Å². The lowest BCUT2D eigenvalue weighted by atomic mass is 10.0. The zero-order valence-electron chi connectivity index (χ0n) is 20.3. The molecule has 0 aliphatic rings. The molecule has 0 saturated carbocycles. The SMILES string of the molecule is CCCCCC/C=C\CCCCCCCCCCCC(O)(C[N+](C)(C)C)P(=O)(O)O. The second kappa shape index (κ2) is 16.4. The smallest absolute Gasteiger partial charge is 0.362 e. The van der Waals surface area contributed by atoms with E-state index >= 15 is 0 Å². The fourth-order valence-electron chi connectivity index (χ4n) is 3.91. The molecular formula is C24H51NO4P+. The van der Waals surface area contributed by atoms with Crippen LogP contribution in [-0.4, -0.2) is 52.4 Å². The van der Waals surface area contributed by atoms with Gasteiger partial charge in [-0.05, 0) is 38.5 Å². The van der Waals surface area contributed by atoms with E-state index in [0.717, 1.165) is 12.8 Å². The molecule has 0 radical (unpaired) electrons. The number of quaternary nitrogens is 1. The molecule has 1 atom stereocenters. The van der Waals surface area contributed by atoms with E-state index in [1.54, 1.807) is 0 Å². The lowest BCUT2D eigenvalue weighted by Gasteiger charge is -2.35. The zero-order chi connectivity index (χ0) is 22.9. The first-order valence-electron chi connectivity index (χ1n) is 12.3. The van der Waals surface area contributed by atoms with E-state index < -0.39 is 12.9 Å². The van der Waals surface area contributed by atoms with Crippen LogP contribution in [0.5, 0.6) is 0 Å². The predicted octanol–water partition coefficient (Wildman–Crippen LogP) is 6.38. The van der Waals surface area contributed by atoms with E-state index in [1.165, 1.54) is 77.0 Å². The van der Waals surface area contributed by atoms with Crippen molar-refractivity contribution in [3.8, 4) is 0 Å². The first-order chi connectivity index (χ1) is 14.0.